The molecule has 2 aromatic heterocycles. The van der Waals surface area contributed by atoms with Gasteiger partial charge in [0.05, 0.1) is 10.9 Å². The number of hydrogen-bond donors (Lipinski definition) is 0. The van der Waals surface area contributed by atoms with Gasteiger partial charge in [0.25, 0.3) is 0 Å². The molecule has 0 N–H and O–H groups in total. The molecule has 2 unspecified atom stereocenters. The van der Waals surface area contributed by atoms with Crippen LogP contribution >= 0.6 is 0 Å². The van der Waals surface area contributed by atoms with E-state index in [1.54, 1.807) is 0 Å². The van der Waals surface area contributed by atoms with Crippen molar-refractivity contribution in [2.24, 2.45) is 0 Å². The Balaban J connectivity index is 1.31. The van der Waals surface area contributed by atoms with Gasteiger partial charge in [0, 0.05) is 27.9 Å². The number of aryl methyl sites for hydroxylation is 2. The largest absolute Gasteiger partial charge is 0.489 e. The van der Waals surface area contributed by atoms with Crippen molar-refractivity contribution in [3.8, 4) is 22.6 Å². The van der Waals surface area contributed by atoms with Crippen LogP contribution in [0.15, 0.2) is 114 Å². The first-order chi connectivity index (χ1) is 19.6. The lowest BCUT2D eigenvalue weighted by Crippen LogP contribution is -2.16. The predicted octanol–water partition coefficient (Wildman–Crippen LogP) is 9.73. The zero-order valence-electron chi connectivity index (χ0n) is 22.8. The molecule has 0 saturated heterocycles. The second-order valence-electron chi connectivity index (χ2n) is 11.1. The van der Waals surface area contributed by atoms with Crippen molar-refractivity contribution < 1.29 is 9.15 Å². The summed E-state index contributed by atoms with van der Waals surface area (Å²) in [5.41, 5.74) is 11.5. The maximum Gasteiger partial charge on any atom is 0.213 e. The Bertz CT molecular complexity index is 2080. The van der Waals surface area contributed by atoms with Gasteiger partial charge in [0.1, 0.15) is 17.4 Å². The zero-order chi connectivity index (χ0) is 27.0. The molecule has 40 heavy (non-hydrogen) atoms. The van der Waals surface area contributed by atoms with Crippen molar-refractivity contribution in [3.63, 3.8) is 0 Å². The first-order valence-electron chi connectivity index (χ1n) is 14.0. The number of furan rings is 1. The Morgan fingerprint density at radius 1 is 0.675 bits per heavy atom. The number of benzene rings is 5. The van der Waals surface area contributed by atoms with Crippen molar-refractivity contribution >= 4 is 33.0 Å². The Labute approximate surface area is 233 Å². The normalized spacial score (nSPS) is 16.6. The maximum atomic E-state index is 6.48. The van der Waals surface area contributed by atoms with E-state index in [0.717, 1.165) is 50.1 Å². The molecule has 3 heterocycles. The second-order valence-corrected chi connectivity index (χ2v) is 11.1. The Morgan fingerprint density at radius 2 is 1.43 bits per heavy atom. The molecule has 0 saturated carbocycles. The summed E-state index contributed by atoms with van der Waals surface area (Å²) in [7, 11) is 0. The van der Waals surface area contributed by atoms with Crippen molar-refractivity contribution in [1.29, 1.82) is 0 Å². The number of rotatable bonds is 3. The maximum absolute atomic E-state index is 6.48. The van der Waals surface area contributed by atoms with Crippen LogP contribution in [-0.2, 0) is 0 Å². The van der Waals surface area contributed by atoms with Crippen molar-refractivity contribution in [1.82, 2.24) is 4.57 Å². The molecule has 2 atom stereocenters. The molecule has 0 aliphatic carbocycles. The first-order valence-corrected chi connectivity index (χ1v) is 14.0. The van der Waals surface area contributed by atoms with E-state index in [1.807, 2.05) is 12.1 Å². The highest BCUT2D eigenvalue weighted by Crippen LogP contribution is 2.46. The number of aromatic nitrogens is 1. The topological polar surface area (TPSA) is 27.3 Å². The summed E-state index contributed by atoms with van der Waals surface area (Å²) >= 11 is 0. The van der Waals surface area contributed by atoms with Gasteiger partial charge in [-0.15, -0.1) is 0 Å². The lowest BCUT2D eigenvalue weighted by atomic mass is 9.86. The molecule has 0 spiro atoms. The van der Waals surface area contributed by atoms with Crippen LogP contribution < -0.4 is 4.74 Å². The van der Waals surface area contributed by atoms with Crippen LogP contribution in [0.1, 0.15) is 35.1 Å². The minimum atomic E-state index is 0.0905. The highest BCUT2D eigenvalue weighted by Gasteiger charge is 2.33. The average Bonchev–Trinajstić information content (AvgIpc) is 3.61. The lowest BCUT2D eigenvalue weighted by molar-refractivity contribution is 0.238. The van der Waals surface area contributed by atoms with Crippen LogP contribution in [-0.4, -0.2) is 10.7 Å². The molecule has 0 amide bonds. The molecule has 3 heteroatoms. The van der Waals surface area contributed by atoms with E-state index >= 15 is 0 Å². The van der Waals surface area contributed by atoms with E-state index in [0.29, 0.717) is 0 Å². The summed E-state index contributed by atoms with van der Waals surface area (Å²) < 4.78 is 15.2. The second kappa shape index (κ2) is 8.62. The van der Waals surface area contributed by atoms with E-state index in [9.17, 15) is 0 Å². The first kappa shape index (κ1) is 23.2. The van der Waals surface area contributed by atoms with E-state index in [1.165, 1.54) is 27.6 Å². The van der Waals surface area contributed by atoms with Gasteiger partial charge in [-0.25, -0.2) is 0 Å². The van der Waals surface area contributed by atoms with E-state index < -0.39 is 0 Å². The van der Waals surface area contributed by atoms with Crippen molar-refractivity contribution in [2.45, 2.75) is 32.8 Å². The van der Waals surface area contributed by atoms with Gasteiger partial charge in [-0.05, 0) is 73.4 Å². The molecule has 1 aliphatic heterocycles. The van der Waals surface area contributed by atoms with Crippen LogP contribution in [0, 0.1) is 13.8 Å². The smallest absolute Gasteiger partial charge is 0.213 e. The van der Waals surface area contributed by atoms with E-state index in [2.05, 4.69) is 122 Å². The minimum absolute atomic E-state index is 0.0905. The van der Waals surface area contributed by atoms with Gasteiger partial charge >= 0.3 is 0 Å². The van der Waals surface area contributed by atoms with Crippen molar-refractivity contribution in [3.05, 3.63) is 131 Å². The fourth-order valence-corrected chi connectivity index (χ4v) is 6.57. The highest BCUT2D eigenvalue weighted by molar-refractivity contribution is 6.20. The van der Waals surface area contributed by atoms with Gasteiger partial charge in [-0.2, -0.15) is 0 Å². The van der Waals surface area contributed by atoms with Gasteiger partial charge in [-0.1, -0.05) is 84.4 Å². The minimum Gasteiger partial charge on any atom is -0.489 e. The van der Waals surface area contributed by atoms with Gasteiger partial charge < -0.3 is 9.15 Å². The van der Waals surface area contributed by atoms with Crippen LogP contribution in [0.2, 0.25) is 0 Å². The molecule has 0 bridgehead atoms. The Morgan fingerprint density at radius 3 is 2.27 bits per heavy atom. The molecule has 5 aromatic carbocycles. The molecule has 7 aromatic rings. The average molecular weight is 520 g/mol. The highest BCUT2D eigenvalue weighted by atomic mass is 16.5. The molecular weight excluding hydrogens is 490 g/mol. The van der Waals surface area contributed by atoms with E-state index in [4.69, 9.17) is 9.15 Å². The monoisotopic (exact) mass is 519 g/mol. The number of ether oxygens (including phenoxy) is 1. The Kier molecular flexibility index (Phi) is 4.99. The van der Waals surface area contributed by atoms with Gasteiger partial charge in [0.2, 0.25) is 5.71 Å². The number of nitrogens with zero attached hydrogens (tertiary/aromatic N) is 1. The summed E-state index contributed by atoms with van der Waals surface area (Å²) in [5, 5.41) is 3.49. The molecule has 8 rings (SSSR count). The van der Waals surface area contributed by atoms with Crippen molar-refractivity contribution in [2.75, 3.05) is 0 Å². The van der Waals surface area contributed by atoms with Crippen LogP contribution in [0.3, 0.4) is 0 Å². The lowest BCUT2D eigenvalue weighted by Gasteiger charge is -2.17. The summed E-state index contributed by atoms with van der Waals surface area (Å²) in [6.07, 6.45) is 0.0905. The van der Waals surface area contributed by atoms with E-state index in [-0.39, 0.29) is 12.0 Å². The third-order valence-corrected chi connectivity index (χ3v) is 8.57. The quantitative estimate of drug-likeness (QED) is 0.232. The van der Waals surface area contributed by atoms with Gasteiger partial charge in [-0.3, -0.25) is 4.57 Å². The fraction of sp³-hybridized carbons (Fsp3) is 0.135. The summed E-state index contributed by atoms with van der Waals surface area (Å²) in [5.74, 6) is 1.22. The van der Waals surface area contributed by atoms with Crippen LogP contribution in [0.5, 0.6) is 5.75 Å². The fourth-order valence-electron chi connectivity index (χ4n) is 6.57. The molecule has 3 nitrogen and oxygen atoms in total. The molecule has 194 valence electrons. The van der Waals surface area contributed by atoms with Gasteiger partial charge in [0.15, 0.2) is 0 Å². The molecule has 0 fully saturated rings. The third kappa shape index (κ3) is 3.37. The Hall–Kier alpha value is -4.76. The summed E-state index contributed by atoms with van der Waals surface area (Å²) in [6, 6.07) is 39.1. The number of hydrogen-bond acceptors (Lipinski definition) is 2. The molecular formula is C37H29NO2. The third-order valence-electron chi connectivity index (χ3n) is 8.57. The molecule has 0 radical (unpaired) electrons. The number of para-hydroxylation sites is 1. The van der Waals surface area contributed by atoms with Crippen LogP contribution in [0.4, 0.5) is 0 Å². The van der Waals surface area contributed by atoms with Crippen LogP contribution in [0.25, 0.3) is 49.8 Å². The SMILES string of the molecule is Cc1ccc(-n2c3cc(-c4ccc5c(c4)OC(C)C5c4ccccc4C)ccc3c3c4ccccc4oc32)cc1. The summed E-state index contributed by atoms with van der Waals surface area (Å²) in [4.78, 5) is 0. The standard InChI is InChI=1S/C37H29NO2/c1-22-12-16-27(17-13-22)38-32-20-25(14-18-29(32)36-30-10-6-7-11-33(30)40-37(36)38)26-15-19-31-34(21-26)39-24(3)35(31)28-9-5-4-8-23(28)2/h4-21,24,35H,1-3H3. The summed E-state index contributed by atoms with van der Waals surface area (Å²) in [6.45, 7) is 6.48. The molecule has 1 aliphatic rings. The zero-order valence-corrected chi connectivity index (χ0v) is 22.8. The number of fused-ring (bicyclic) bond motifs is 6. The predicted molar refractivity (Wildman–Crippen MR) is 164 cm³/mol.